The summed E-state index contributed by atoms with van der Waals surface area (Å²) in [6.45, 7) is 4.40. The van der Waals surface area contributed by atoms with Crippen LogP contribution in [0.4, 0.5) is 5.69 Å². The highest BCUT2D eigenvalue weighted by Crippen LogP contribution is 2.32. The monoisotopic (exact) mass is 389 g/mol. The molecule has 9 nitrogen and oxygen atoms in total. The third kappa shape index (κ3) is 4.05. The molecule has 0 aliphatic carbocycles. The zero-order chi connectivity index (χ0) is 20.1. The van der Waals surface area contributed by atoms with Crippen LogP contribution in [0, 0.1) is 0 Å². The zero-order valence-electron chi connectivity index (χ0n) is 15.7. The first-order valence-corrected chi connectivity index (χ1v) is 9.28. The second-order valence-corrected chi connectivity index (χ2v) is 6.41. The van der Waals surface area contributed by atoms with Crippen molar-refractivity contribution in [2.24, 2.45) is 0 Å². The highest BCUT2D eigenvalue weighted by atomic mass is 16.5. The summed E-state index contributed by atoms with van der Waals surface area (Å²) in [5.41, 5.74) is 1.00. The smallest absolute Gasteiger partial charge is 0.264 e. The fraction of sp³-hybridized carbons (Fsp3) is 0.474. The van der Waals surface area contributed by atoms with Crippen molar-refractivity contribution in [1.29, 1.82) is 0 Å². The fourth-order valence-electron chi connectivity index (χ4n) is 3.28. The van der Waals surface area contributed by atoms with Gasteiger partial charge in [-0.05, 0) is 25.5 Å². The quantitative estimate of drug-likeness (QED) is 0.468. The first kappa shape index (κ1) is 20.0. The third-order valence-corrected chi connectivity index (χ3v) is 4.61. The second-order valence-electron chi connectivity index (χ2n) is 6.41. The van der Waals surface area contributed by atoms with E-state index in [1.165, 1.54) is 0 Å². The second kappa shape index (κ2) is 8.94. The van der Waals surface area contributed by atoms with Crippen molar-refractivity contribution in [2.75, 3.05) is 38.3 Å². The predicted molar refractivity (Wildman–Crippen MR) is 98.9 cm³/mol. The molecule has 2 aliphatic rings. The molecular weight excluding hydrogens is 366 g/mol. The van der Waals surface area contributed by atoms with Gasteiger partial charge in [-0.15, -0.1) is 0 Å². The predicted octanol–water partition coefficient (Wildman–Crippen LogP) is 0.553. The van der Waals surface area contributed by atoms with Gasteiger partial charge in [-0.1, -0.05) is 6.07 Å². The highest BCUT2D eigenvalue weighted by molar-refractivity contribution is 6.25. The van der Waals surface area contributed by atoms with Crippen molar-refractivity contribution in [2.45, 2.75) is 25.8 Å². The Labute approximate surface area is 162 Å². The number of nitrogens with one attached hydrogen (secondary N) is 2. The Morgan fingerprint density at radius 3 is 2.64 bits per heavy atom. The molecule has 1 atom stereocenters. The van der Waals surface area contributed by atoms with E-state index in [0.29, 0.717) is 38.7 Å². The lowest BCUT2D eigenvalue weighted by Crippen LogP contribution is -2.54. The van der Waals surface area contributed by atoms with Crippen LogP contribution in [0.15, 0.2) is 18.2 Å². The summed E-state index contributed by atoms with van der Waals surface area (Å²) < 4.78 is 10.6. The molecule has 0 radical (unpaired) electrons. The van der Waals surface area contributed by atoms with E-state index in [1.54, 1.807) is 18.2 Å². The minimum absolute atomic E-state index is 0.0913. The van der Waals surface area contributed by atoms with Crippen LogP contribution in [0.2, 0.25) is 0 Å². The lowest BCUT2D eigenvalue weighted by atomic mass is 10.0. The van der Waals surface area contributed by atoms with Crippen LogP contribution in [0.1, 0.15) is 40.5 Å². The first-order valence-electron chi connectivity index (χ1n) is 9.28. The van der Waals surface area contributed by atoms with Gasteiger partial charge in [-0.25, -0.2) is 0 Å². The zero-order valence-corrected chi connectivity index (χ0v) is 15.7. The van der Waals surface area contributed by atoms with Crippen LogP contribution in [0.3, 0.4) is 0 Å². The van der Waals surface area contributed by atoms with Crippen molar-refractivity contribution >= 4 is 29.3 Å². The summed E-state index contributed by atoms with van der Waals surface area (Å²) in [5, 5.41) is 5.29. The Balaban J connectivity index is 1.66. The number of rotatable bonds is 9. The number of imide groups is 2. The first-order chi connectivity index (χ1) is 13.5. The summed E-state index contributed by atoms with van der Waals surface area (Å²) in [6, 6.07) is 3.97. The summed E-state index contributed by atoms with van der Waals surface area (Å²) in [6.07, 6.45) is 0.223. The Morgan fingerprint density at radius 1 is 1.11 bits per heavy atom. The largest absolute Gasteiger partial charge is 0.382 e. The average Bonchev–Trinajstić information content (AvgIpc) is 2.93. The minimum atomic E-state index is -0.972. The number of amides is 4. The summed E-state index contributed by atoms with van der Waals surface area (Å²) >= 11 is 0. The van der Waals surface area contributed by atoms with E-state index in [1.807, 2.05) is 6.92 Å². The number of carbonyl (C=O) groups is 4. The van der Waals surface area contributed by atoms with Crippen molar-refractivity contribution in [3.8, 4) is 0 Å². The van der Waals surface area contributed by atoms with Gasteiger partial charge in [-0.3, -0.25) is 29.4 Å². The van der Waals surface area contributed by atoms with E-state index in [9.17, 15) is 19.2 Å². The maximum absolute atomic E-state index is 12.9. The molecule has 4 amide bonds. The number of fused-ring (bicyclic) bond motifs is 1. The Kier molecular flexibility index (Phi) is 6.37. The molecule has 2 aliphatic heterocycles. The van der Waals surface area contributed by atoms with E-state index in [-0.39, 0.29) is 24.0 Å². The number of ether oxygens (including phenoxy) is 2. The van der Waals surface area contributed by atoms with Crippen LogP contribution in [-0.4, -0.2) is 67.5 Å². The van der Waals surface area contributed by atoms with Gasteiger partial charge in [0, 0.05) is 25.3 Å². The molecule has 150 valence electrons. The molecule has 0 spiro atoms. The van der Waals surface area contributed by atoms with E-state index >= 15 is 0 Å². The number of hydrogen-bond acceptors (Lipinski definition) is 7. The lowest BCUT2D eigenvalue weighted by Gasteiger charge is -2.27. The number of anilines is 1. The van der Waals surface area contributed by atoms with Gasteiger partial charge in [-0.2, -0.15) is 0 Å². The minimum Gasteiger partial charge on any atom is -0.382 e. The molecule has 28 heavy (non-hydrogen) atoms. The number of benzene rings is 1. The van der Waals surface area contributed by atoms with Gasteiger partial charge < -0.3 is 14.8 Å². The van der Waals surface area contributed by atoms with E-state index < -0.39 is 29.7 Å². The maximum Gasteiger partial charge on any atom is 0.264 e. The molecule has 2 N–H and O–H groups in total. The number of piperidine rings is 1. The van der Waals surface area contributed by atoms with E-state index in [4.69, 9.17) is 9.47 Å². The van der Waals surface area contributed by atoms with Gasteiger partial charge in [0.1, 0.15) is 6.04 Å². The summed E-state index contributed by atoms with van der Waals surface area (Å²) in [7, 11) is 0. The van der Waals surface area contributed by atoms with Gasteiger partial charge >= 0.3 is 0 Å². The van der Waals surface area contributed by atoms with Crippen molar-refractivity contribution < 1.29 is 28.7 Å². The summed E-state index contributed by atoms with van der Waals surface area (Å²) in [5.74, 6) is -2.08. The molecule has 1 unspecified atom stereocenters. The van der Waals surface area contributed by atoms with Crippen LogP contribution < -0.4 is 10.6 Å². The van der Waals surface area contributed by atoms with Crippen LogP contribution >= 0.6 is 0 Å². The highest BCUT2D eigenvalue weighted by Gasteiger charge is 2.45. The Morgan fingerprint density at radius 2 is 1.89 bits per heavy atom. The van der Waals surface area contributed by atoms with Crippen molar-refractivity contribution in [3.05, 3.63) is 29.3 Å². The molecule has 1 aromatic carbocycles. The van der Waals surface area contributed by atoms with E-state index in [0.717, 1.165) is 4.90 Å². The van der Waals surface area contributed by atoms with Crippen molar-refractivity contribution in [1.82, 2.24) is 10.2 Å². The molecular formula is C19H23N3O6. The fourth-order valence-corrected chi connectivity index (χ4v) is 3.28. The Hall–Kier alpha value is -2.78. The molecule has 1 fully saturated rings. The van der Waals surface area contributed by atoms with Gasteiger partial charge in [0.2, 0.25) is 11.8 Å². The van der Waals surface area contributed by atoms with E-state index in [2.05, 4.69) is 10.6 Å². The van der Waals surface area contributed by atoms with Crippen molar-refractivity contribution in [3.63, 3.8) is 0 Å². The third-order valence-electron chi connectivity index (χ3n) is 4.61. The molecule has 0 aromatic heterocycles. The molecule has 9 heteroatoms. The topological polar surface area (TPSA) is 114 Å². The molecule has 0 bridgehead atoms. The SMILES string of the molecule is CCOCCOCCNc1cccc2c1C(=O)N(C1CCC(=O)NC1=O)C2=O. The molecule has 3 rings (SSSR count). The number of nitrogens with zero attached hydrogens (tertiary/aromatic N) is 1. The average molecular weight is 389 g/mol. The van der Waals surface area contributed by atoms with Crippen LogP contribution in [0.5, 0.6) is 0 Å². The summed E-state index contributed by atoms with van der Waals surface area (Å²) in [4.78, 5) is 50.1. The molecule has 2 heterocycles. The van der Waals surface area contributed by atoms with Gasteiger partial charge in [0.05, 0.1) is 30.9 Å². The van der Waals surface area contributed by atoms with Crippen LogP contribution in [0.25, 0.3) is 0 Å². The molecule has 1 saturated heterocycles. The van der Waals surface area contributed by atoms with Gasteiger partial charge in [0.25, 0.3) is 11.8 Å². The van der Waals surface area contributed by atoms with Gasteiger partial charge in [0.15, 0.2) is 0 Å². The van der Waals surface area contributed by atoms with Crippen LogP contribution in [-0.2, 0) is 19.1 Å². The normalized spacial score (nSPS) is 19.0. The lowest BCUT2D eigenvalue weighted by molar-refractivity contribution is -0.136. The molecule has 1 aromatic rings. The number of carbonyl (C=O) groups excluding carboxylic acids is 4. The number of hydrogen-bond donors (Lipinski definition) is 2. The Bertz CT molecular complexity index is 794. The standard InChI is InChI=1S/C19H23N3O6/c1-2-27-10-11-28-9-8-20-13-5-3-4-12-16(13)19(26)22(18(12)25)14-6-7-15(23)21-17(14)24/h3-5,14,20H,2,6-11H2,1H3,(H,21,23,24). The maximum atomic E-state index is 12.9. The molecule has 0 saturated carbocycles.